The Balaban J connectivity index is 1.27. The van der Waals surface area contributed by atoms with Gasteiger partial charge in [0.1, 0.15) is 23.9 Å². The first-order valence-corrected chi connectivity index (χ1v) is 16.1. The highest BCUT2D eigenvalue weighted by atomic mass is 16.6. The second kappa shape index (κ2) is 12.6. The fourth-order valence-electron chi connectivity index (χ4n) is 8.25. The van der Waals surface area contributed by atoms with Crippen molar-refractivity contribution in [1.29, 1.82) is 0 Å². The predicted molar refractivity (Wildman–Crippen MR) is 167 cm³/mol. The molecule has 10 nitrogen and oxygen atoms in total. The summed E-state index contributed by atoms with van der Waals surface area (Å²) < 4.78 is 24.5. The lowest BCUT2D eigenvalue weighted by Crippen LogP contribution is -2.57. The van der Waals surface area contributed by atoms with Crippen LogP contribution in [0.15, 0.2) is 77.6 Å². The predicted octanol–water partition coefficient (Wildman–Crippen LogP) is 3.40. The van der Waals surface area contributed by atoms with E-state index in [9.17, 15) is 24.6 Å². The molecular formula is C36H43NO9. The lowest BCUT2D eigenvalue weighted by atomic mass is 9.57. The number of esters is 2. The molecule has 5 aliphatic rings. The van der Waals surface area contributed by atoms with Crippen LogP contribution < -0.4 is 5.32 Å². The van der Waals surface area contributed by atoms with Crippen molar-refractivity contribution < 1.29 is 43.5 Å². The first kappa shape index (κ1) is 32.4. The van der Waals surface area contributed by atoms with Gasteiger partial charge in [-0.15, -0.1) is 0 Å². The van der Waals surface area contributed by atoms with Gasteiger partial charge in [-0.1, -0.05) is 56.4 Å². The molecular weight excluding hydrogens is 590 g/mol. The fraction of sp³-hybridized carbons (Fsp3) is 0.528. The lowest BCUT2D eigenvalue weighted by Gasteiger charge is -2.48. The molecule has 246 valence electrons. The Morgan fingerprint density at radius 1 is 1.15 bits per heavy atom. The van der Waals surface area contributed by atoms with Crippen LogP contribution in [0.1, 0.15) is 50.9 Å². The fourth-order valence-corrected chi connectivity index (χ4v) is 8.25. The van der Waals surface area contributed by atoms with Crippen molar-refractivity contribution in [3.05, 3.63) is 83.1 Å². The highest BCUT2D eigenvalue weighted by Crippen LogP contribution is 2.61. The highest BCUT2D eigenvalue weighted by molar-refractivity contribution is 5.96. The van der Waals surface area contributed by atoms with Gasteiger partial charge in [0, 0.05) is 53.5 Å². The van der Waals surface area contributed by atoms with Gasteiger partial charge in [0.05, 0.1) is 12.2 Å². The number of hydrogen-bond donors (Lipinski definition) is 3. The van der Waals surface area contributed by atoms with Crippen molar-refractivity contribution in [3.63, 3.8) is 0 Å². The summed E-state index contributed by atoms with van der Waals surface area (Å²) in [7, 11) is 1.45. The van der Waals surface area contributed by atoms with E-state index >= 15 is 0 Å². The number of aliphatic hydroxyl groups is 2. The minimum atomic E-state index is -0.992. The van der Waals surface area contributed by atoms with Gasteiger partial charge >= 0.3 is 11.9 Å². The standard InChI is InChI=1S/C36H43NO9/c1-18-15-19(2)36-24(17-27(43-5)35(42)44-30(18)21(4)38)12-14-26-28(36)29(39)20(3)31(32(26)46-36)45-34(41)23-11-13-25(16-23)37-33(40)22-9-7-6-8-10-22/h6-10,12-16,18,20-21,24,26-32,38-39H,11,17H2,1-5H3,(H,37,40)/b19-15+/t18-,20-,21-,24-,26?,27+,28?,29-,30+,31-,32-,36+/m1/s1. The van der Waals surface area contributed by atoms with Gasteiger partial charge in [0.25, 0.3) is 5.91 Å². The molecule has 1 aromatic rings. The zero-order valence-corrected chi connectivity index (χ0v) is 26.8. The second-order valence-corrected chi connectivity index (χ2v) is 13.4. The third-order valence-electron chi connectivity index (χ3n) is 10.5. The van der Waals surface area contributed by atoms with Crippen molar-refractivity contribution in [2.75, 3.05) is 7.11 Å². The number of amides is 1. The van der Waals surface area contributed by atoms with E-state index in [4.69, 9.17) is 18.9 Å². The molecule has 1 aromatic carbocycles. The van der Waals surface area contributed by atoms with E-state index in [1.54, 1.807) is 43.3 Å². The van der Waals surface area contributed by atoms with Gasteiger partial charge in [-0.2, -0.15) is 0 Å². The Morgan fingerprint density at radius 2 is 1.89 bits per heavy atom. The quantitative estimate of drug-likeness (QED) is 0.318. The zero-order chi connectivity index (χ0) is 32.9. The molecule has 0 radical (unpaired) electrons. The van der Waals surface area contributed by atoms with Crippen LogP contribution in [-0.4, -0.2) is 77.4 Å². The minimum absolute atomic E-state index is 0.237. The molecule has 1 saturated carbocycles. The average molecular weight is 634 g/mol. The number of hydrogen-bond acceptors (Lipinski definition) is 9. The maximum absolute atomic E-state index is 13.5. The van der Waals surface area contributed by atoms with Crippen molar-refractivity contribution in [1.82, 2.24) is 5.32 Å². The van der Waals surface area contributed by atoms with E-state index < -0.39 is 60.1 Å². The SMILES string of the molecule is CO[C@H]1C[C@H]2C=CC3C4[C@H](O)[C@@H](C)[C@@H](OC(=O)C5=CC(NC(=O)c6ccccc6)=CC5)[C@@H]3O[C@]42/C(C)=C/[C@@H](C)[C@@H]([C@@H](C)O)OC1=O. The molecule has 0 aromatic heterocycles. The maximum atomic E-state index is 13.5. The van der Waals surface area contributed by atoms with Crippen LogP contribution >= 0.6 is 0 Å². The number of cyclic esters (lactones) is 1. The molecule has 2 fully saturated rings. The van der Waals surface area contributed by atoms with E-state index in [-0.39, 0.29) is 36.0 Å². The number of aliphatic hydroxyl groups excluding tert-OH is 2. The molecule has 3 aliphatic carbocycles. The second-order valence-electron chi connectivity index (χ2n) is 13.4. The molecule has 4 bridgehead atoms. The summed E-state index contributed by atoms with van der Waals surface area (Å²) in [6.45, 7) is 7.30. The van der Waals surface area contributed by atoms with Crippen molar-refractivity contribution >= 4 is 17.8 Å². The van der Waals surface area contributed by atoms with Crippen LogP contribution in [-0.2, 0) is 28.5 Å². The average Bonchev–Trinajstić information content (AvgIpc) is 3.58. The summed E-state index contributed by atoms with van der Waals surface area (Å²) in [6.07, 6.45) is 5.17. The molecule has 2 aliphatic heterocycles. The van der Waals surface area contributed by atoms with Gasteiger partial charge in [-0.05, 0) is 50.5 Å². The van der Waals surface area contributed by atoms with Crippen LogP contribution in [0.4, 0.5) is 0 Å². The van der Waals surface area contributed by atoms with E-state index in [1.165, 1.54) is 7.11 Å². The maximum Gasteiger partial charge on any atom is 0.335 e. The summed E-state index contributed by atoms with van der Waals surface area (Å²) >= 11 is 0. The van der Waals surface area contributed by atoms with Crippen LogP contribution in [0.3, 0.4) is 0 Å². The summed E-state index contributed by atoms with van der Waals surface area (Å²) in [6, 6.07) is 8.83. The minimum Gasteiger partial charge on any atom is -0.457 e. The molecule has 6 rings (SSSR count). The smallest absolute Gasteiger partial charge is 0.335 e. The van der Waals surface area contributed by atoms with Crippen molar-refractivity contribution in [2.24, 2.45) is 29.6 Å². The Labute approximate surface area is 269 Å². The highest BCUT2D eigenvalue weighted by Gasteiger charge is 2.69. The number of rotatable bonds is 6. The van der Waals surface area contributed by atoms with Crippen LogP contribution in [0, 0.1) is 29.6 Å². The lowest BCUT2D eigenvalue weighted by molar-refractivity contribution is -0.173. The monoisotopic (exact) mass is 633 g/mol. The zero-order valence-electron chi connectivity index (χ0n) is 26.8. The molecule has 10 heteroatoms. The molecule has 1 saturated heterocycles. The molecule has 2 heterocycles. The summed E-state index contributed by atoms with van der Waals surface area (Å²) in [4.78, 5) is 39.4. The molecule has 2 unspecified atom stereocenters. The van der Waals surface area contributed by atoms with Crippen LogP contribution in [0.2, 0.25) is 0 Å². The molecule has 3 N–H and O–H groups in total. The summed E-state index contributed by atoms with van der Waals surface area (Å²) in [5, 5.41) is 25.2. The number of carbonyl (C=O) groups is 3. The molecule has 1 amide bonds. The van der Waals surface area contributed by atoms with Gasteiger partial charge in [0.15, 0.2) is 6.10 Å². The van der Waals surface area contributed by atoms with E-state index in [0.29, 0.717) is 23.3 Å². The first-order valence-electron chi connectivity index (χ1n) is 16.1. The Hall–Kier alpha value is -3.57. The van der Waals surface area contributed by atoms with Gasteiger partial charge in [-0.25, -0.2) is 9.59 Å². The van der Waals surface area contributed by atoms with Crippen LogP contribution in [0.5, 0.6) is 0 Å². The van der Waals surface area contributed by atoms with E-state index in [1.807, 2.05) is 45.1 Å². The van der Waals surface area contributed by atoms with Crippen molar-refractivity contribution in [3.8, 4) is 0 Å². The van der Waals surface area contributed by atoms with E-state index in [0.717, 1.165) is 5.57 Å². The largest absolute Gasteiger partial charge is 0.457 e. The normalized spacial score (nSPS) is 40.0. The van der Waals surface area contributed by atoms with Crippen molar-refractivity contribution in [2.45, 2.75) is 82.8 Å². The van der Waals surface area contributed by atoms with Gasteiger partial charge < -0.3 is 34.5 Å². The summed E-state index contributed by atoms with van der Waals surface area (Å²) in [5.41, 5.74) is 1.30. The first-order chi connectivity index (χ1) is 22.0. The Bertz CT molecular complexity index is 1500. The van der Waals surface area contributed by atoms with Gasteiger partial charge in [0.2, 0.25) is 0 Å². The third kappa shape index (κ3) is 5.45. The third-order valence-corrected chi connectivity index (χ3v) is 10.5. The number of ether oxygens (including phenoxy) is 4. The molecule has 12 atom stereocenters. The molecule has 1 spiro atoms. The van der Waals surface area contributed by atoms with E-state index in [2.05, 4.69) is 5.32 Å². The van der Waals surface area contributed by atoms with Gasteiger partial charge in [-0.3, -0.25) is 4.79 Å². The Kier molecular flexibility index (Phi) is 8.84. The Morgan fingerprint density at radius 3 is 2.59 bits per heavy atom. The number of allylic oxidation sites excluding steroid dienone is 2. The molecule has 46 heavy (non-hydrogen) atoms. The topological polar surface area (TPSA) is 141 Å². The summed E-state index contributed by atoms with van der Waals surface area (Å²) in [5.74, 6) is -3.08. The number of nitrogens with one attached hydrogen (secondary N) is 1. The number of methoxy groups -OCH3 is 1. The number of carbonyl (C=O) groups excluding carboxylic acids is 3. The number of benzene rings is 1. The van der Waals surface area contributed by atoms with Crippen LogP contribution in [0.25, 0.3) is 0 Å².